The van der Waals surface area contributed by atoms with E-state index in [1.165, 1.54) is 29.2 Å². The fourth-order valence-electron chi connectivity index (χ4n) is 1.99. The molecule has 1 atom stereocenters. The van der Waals surface area contributed by atoms with Crippen molar-refractivity contribution in [2.24, 2.45) is 5.73 Å². The number of anilines is 1. The average molecular weight is 301 g/mol. The summed E-state index contributed by atoms with van der Waals surface area (Å²) in [5, 5.41) is 0. The van der Waals surface area contributed by atoms with Crippen molar-refractivity contribution in [2.75, 3.05) is 23.5 Å². The number of hydrogen-bond acceptors (Lipinski definition) is 3. The largest absolute Gasteiger partial charge is 0.371 e. The van der Waals surface area contributed by atoms with Gasteiger partial charge in [0.1, 0.15) is 0 Å². The van der Waals surface area contributed by atoms with Gasteiger partial charge in [0, 0.05) is 35.5 Å². The van der Waals surface area contributed by atoms with Crippen LogP contribution in [0.2, 0.25) is 0 Å². The number of rotatable bonds is 3. The van der Waals surface area contributed by atoms with E-state index in [-0.39, 0.29) is 0 Å². The fraction of sp³-hybridized carbons (Fsp3) is 0.500. The lowest BCUT2D eigenvalue weighted by molar-refractivity contribution is 0.699. The highest BCUT2D eigenvalue weighted by Crippen LogP contribution is 2.28. The highest BCUT2D eigenvalue weighted by Gasteiger charge is 2.20. The molecule has 1 heterocycles. The molecule has 1 fully saturated rings. The highest BCUT2D eigenvalue weighted by atomic mass is 79.9. The number of nitrogens with two attached hydrogens (primary N) is 1. The van der Waals surface area contributed by atoms with Gasteiger partial charge in [0.25, 0.3) is 0 Å². The third-order valence-electron chi connectivity index (χ3n) is 3.04. The van der Waals surface area contributed by atoms with E-state index >= 15 is 0 Å². The quantitative estimate of drug-likeness (QED) is 0.931. The maximum Gasteiger partial charge on any atom is 0.0385 e. The predicted molar refractivity (Wildman–Crippen MR) is 76.2 cm³/mol. The van der Waals surface area contributed by atoms with E-state index in [1.54, 1.807) is 0 Å². The molecule has 16 heavy (non-hydrogen) atoms. The van der Waals surface area contributed by atoms with Crippen LogP contribution in [0.15, 0.2) is 22.7 Å². The molecule has 2 rings (SSSR count). The van der Waals surface area contributed by atoms with Crippen molar-refractivity contribution < 1.29 is 0 Å². The monoisotopic (exact) mass is 300 g/mol. The molecule has 0 aromatic heterocycles. The minimum absolute atomic E-state index is 0.597. The van der Waals surface area contributed by atoms with Crippen LogP contribution in [-0.4, -0.2) is 24.6 Å². The molecular weight excluding hydrogens is 284 g/mol. The van der Waals surface area contributed by atoms with Gasteiger partial charge < -0.3 is 10.6 Å². The van der Waals surface area contributed by atoms with Gasteiger partial charge in [0.15, 0.2) is 0 Å². The number of halogens is 1. The maximum absolute atomic E-state index is 5.70. The molecule has 0 spiro atoms. The van der Waals surface area contributed by atoms with Crippen molar-refractivity contribution in [3.63, 3.8) is 0 Å². The Morgan fingerprint density at radius 1 is 1.50 bits per heavy atom. The summed E-state index contributed by atoms with van der Waals surface area (Å²) >= 11 is 5.58. The van der Waals surface area contributed by atoms with Crippen molar-refractivity contribution in [1.29, 1.82) is 0 Å². The summed E-state index contributed by atoms with van der Waals surface area (Å²) in [6.07, 6.45) is 1.28. The maximum atomic E-state index is 5.70. The zero-order valence-electron chi connectivity index (χ0n) is 9.45. The summed E-state index contributed by atoms with van der Waals surface area (Å²) in [6, 6.07) is 7.11. The molecular formula is C12H17BrN2S. The Bertz CT molecular complexity index is 364. The van der Waals surface area contributed by atoms with Crippen LogP contribution < -0.4 is 10.6 Å². The SMILES string of the molecule is CN(c1cc(Br)cc(CN)c1)C1CCSC1. The molecule has 1 aliphatic rings. The third-order valence-corrected chi connectivity index (χ3v) is 4.64. The molecule has 0 bridgehead atoms. The minimum atomic E-state index is 0.597. The normalized spacial score (nSPS) is 20.1. The summed E-state index contributed by atoms with van der Waals surface area (Å²) in [7, 11) is 2.18. The lowest BCUT2D eigenvalue weighted by Gasteiger charge is -2.26. The van der Waals surface area contributed by atoms with E-state index in [2.05, 4.69) is 46.1 Å². The Morgan fingerprint density at radius 2 is 2.31 bits per heavy atom. The molecule has 4 heteroatoms. The Balaban J connectivity index is 2.21. The van der Waals surface area contributed by atoms with Crippen LogP contribution in [0.3, 0.4) is 0 Å². The van der Waals surface area contributed by atoms with Gasteiger partial charge in [0.05, 0.1) is 0 Å². The molecule has 1 aliphatic heterocycles. The zero-order valence-corrected chi connectivity index (χ0v) is 11.9. The third kappa shape index (κ3) is 2.73. The molecule has 1 aromatic rings. The second kappa shape index (κ2) is 5.43. The van der Waals surface area contributed by atoms with E-state index in [0.717, 1.165) is 4.47 Å². The van der Waals surface area contributed by atoms with E-state index in [1.807, 2.05) is 11.8 Å². The second-order valence-corrected chi connectivity index (χ2v) is 6.22. The molecule has 1 unspecified atom stereocenters. The van der Waals surface area contributed by atoms with Gasteiger partial charge in [-0.05, 0) is 35.9 Å². The molecule has 0 aliphatic carbocycles. The van der Waals surface area contributed by atoms with E-state index in [0.29, 0.717) is 12.6 Å². The van der Waals surface area contributed by atoms with Crippen LogP contribution in [0.5, 0.6) is 0 Å². The van der Waals surface area contributed by atoms with Crippen molar-refractivity contribution in [2.45, 2.75) is 19.0 Å². The molecule has 1 saturated heterocycles. The van der Waals surface area contributed by atoms with Crippen LogP contribution in [0, 0.1) is 0 Å². The van der Waals surface area contributed by atoms with Gasteiger partial charge in [-0.2, -0.15) is 11.8 Å². The summed E-state index contributed by atoms with van der Waals surface area (Å²) < 4.78 is 1.11. The van der Waals surface area contributed by atoms with Crippen LogP contribution in [0.25, 0.3) is 0 Å². The van der Waals surface area contributed by atoms with E-state index < -0.39 is 0 Å². The number of benzene rings is 1. The summed E-state index contributed by atoms with van der Waals surface area (Å²) in [4.78, 5) is 2.38. The lowest BCUT2D eigenvalue weighted by atomic mass is 10.1. The van der Waals surface area contributed by atoms with E-state index in [9.17, 15) is 0 Å². The summed E-state index contributed by atoms with van der Waals surface area (Å²) in [5.74, 6) is 2.52. The number of nitrogens with zero attached hydrogens (tertiary/aromatic N) is 1. The molecule has 2 N–H and O–H groups in total. The van der Waals surface area contributed by atoms with Crippen LogP contribution in [-0.2, 0) is 6.54 Å². The van der Waals surface area contributed by atoms with Crippen LogP contribution in [0.1, 0.15) is 12.0 Å². The summed E-state index contributed by atoms with van der Waals surface area (Å²) in [5.41, 5.74) is 8.15. The summed E-state index contributed by atoms with van der Waals surface area (Å²) in [6.45, 7) is 0.597. The fourth-order valence-corrected chi connectivity index (χ4v) is 3.79. The van der Waals surface area contributed by atoms with Gasteiger partial charge >= 0.3 is 0 Å². The van der Waals surface area contributed by atoms with Gasteiger partial charge in [0.2, 0.25) is 0 Å². The first-order valence-corrected chi connectivity index (χ1v) is 7.45. The van der Waals surface area contributed by atoms with Gasteiger partial charge in [-0.15, -0.1) is 0 Å². The Morgan fingerprint density at radius 3 is 2.94 bits per heavy atom. The lowest BCUT2D eigenvalue weighted by Crippen LogP contribution is -2.31. The van der Waals surface area contributed by atoms with E-state index in [4.69, 9.17) is 5.73 Å². The van der Waals surface area contributed by atoms with Gasteiger partial charge in [-0.1, -0.05) is 15.9 Å². The first-order valence-electron chi connectivity index (χ1n) is 5.51. The zero-order chi connectivity index (χ0) is 11.5. The second-order valence-electron chi connectivity index (χ2n) is 4.15. The molecule has 2 nitrogen and oxygen atoms in total. The topological polar surface area (TPSA) is 29.3 Å². The van der Waals surface area contributed by atoms with Crippen LogP contribution >= 0.6 is 27.7 Å². The first kappa shape index (κ1) is 12.3. The molecule has 1 aromatic carbocycles. The standard InChI is InChI=1S/C12H17BrN2S/c1-15(11-2-3-16-8-11)12-5-9(7-14)4-10(13)6-12/h4-6,11H,2-3,7-8,14H2,1H3. The van der Waals surface area contributed by atoms with Gasteiger partial charge in [-0.3, -0.25) is 0 Å². The van der Waals surface area contributed by atoms with Crippen molar-refractivity contribution in [3.8, 4) is 0 Å². The predicted octanol–water partition coefficient (Wildman–Crippen LogP) is 2.85. The minimum Gasteiger partial charge on any atom is -0.371 e. The number of hydrogen-bond donors (Lipinski definition) is 1. The smallest absolute Gasteiger partial charge is 0.0385 e. The van der Waals surface area contributed by atoms with Crippen LogP contribution in [0.4, 0.5) is 5.69 Å². The Hall–Kier alpha value is -0.190. The van der Waals surface area contributed by atoms with Crippen molar-refractivity contribution in [1.82, 2.24) is 0 Å². The molecule has 0 amide bonds. The van der Waals surface area contributed by atoms with Crippen molar-refractivity contribution in [3.05, 3.63) is 28.2 Å². The Labute approximate surface area is 110 Å². The molecule has 0 saturated carbocycles. The Kier molecular flexibility index (Phi) is 4.16. The first-order chi connectivity index (χ1) is 7.70. The van der Waals surface area contributed by atoms with Gasteiger partial charge in [-0.25, -0.2) is 0 Å². The average Bonchev–Trinajstić information content (AvgIpc) is 2.80. The highest BCUT2D eigenvalue weighted by molar-refractivity contribution is 9.10. The molecule has 88 valence electrons. The number of thioether (sulfide) groups is 1. The molecule has 0 radical (unpaired) electrons. The van der Waals surface area contributed by atoms with Crippen molar-refractivity contribution >= 4 is 33.4 Å².